The summed E-state index contributed by atoms with van der Waals surface area (Å²) in [7, 11) is -3.97. The Morgan fingerprint density at radius 1 is 1.16 bits per heavy atom. The highest BCUT2D eigenvalue weighted by Gasteiger charge is 2.36. The van der Waals surface area contributed by atoms with E-state index in [0.29, 0.717) is 62.8 Å². The third-order valence-electron chi connectivity index (χ3n) is 7.52. The molecule has 6 unspecified atom stereocenters. The molecule has 4 N–H and O–H groups in total. The zero-order valence-corrected chi connectivity index (χ0v) is 23.5. The lowest BCUT2D eigenvalue weighted by Crippen LogP contribution is -2.46. The maximum Gasteiger partial charge on any atom is 0.407 e. The topological polar surface area (TPSA) is 136 Å². The maximum absolute atomic E-state index is 12.7. The van der Waals surface area contributed by atoms with Crippen molar-refractivity contribution in [2.75, 3.05) is 32.5 Å². The van der Waals surface area contributed by atoms with Crippen molar-refractivity contribution in [1.29, 1.82) is 0 Å². The second-order valence-corrected chi connectivity index (χ2v) is 13.7. The van der Waals surface area contributed by atoms with E-state index in [2.05, 4.69) is 38.0 Å². The van der Waals surface area contributed by atoms with E-state index in [1.165, 1.54) is 0 Å². The monoisotopic (exact) mass is 546 g/mol. The molecular formula is C26H47N2O8P. The number of hydrogen-bond donors (Lipinski definition) is 4. The van der Waals surface area contributed by atoms with Crippen LogP contribution in [0.4, 0.5) is 4.79 Å². The van der Waals surface area contributed by atoms with Crippen LogP contribution in [0, 0.1) is 17.3 Å². The van der Waals surface area contributed by atoms with Crippen LogP contribution >= 0.6 is 7.60 Å². The Morgan fingerprint density at radius 2 is 1.95 bits per heavy atom. The van der Waals surface area contributed by atoms with Crippen molar-refractivity contribution >= 4 is 13.7 Å². The van der Waals surface area contributed by atoms with Crippen LogP contribution in [0.3, 0.4) is 0 Å². The van der Waals surface area contributed by atoms with Crippen molar-refractivity contribution in [2.24, 2.45) is 17.3 Å². The minimum atomic E-state index is -3.97. The van der Waals surface area contributed by atoms with Gasteiger partial charge in [0.25, 0.3) is 0 Å². The number of nitrogens with one attached hydrogen (secondary N) is 2. The standard InChI is InChI=1S/C26H47N2O8P/c1-18-7-8-22(23(11-18)33-9-5-6-10-37(30,31)32)36-25(29)28-15-20-12-21(14-26(3,4)13-20)27-16-24-34-17-19(2)35-24/h18,20-24,27H,2,5-17H2,1,3-4H3,(H,28,29)(H2,30,31,32). The first-order valence-corrected chi connectivity index (χ1v) is 15.5. The Morgan fingerprint density at radius 3 is 2.65 bits per heavy atom. The van der Waals surface area contributed by atoms with Crippen LogP contribution < -0.4 is 10.6 Å². The van der Waals surface area contributed by atoms with Crippen molar-refractivity contribution in [3.05, 3.63) is 12.3 Å². The summed E-state index contributed by atoms with van der Waals surface area (Å²) in [6.45, 7) is 12.5. The van der Waals surface area contributed by atoms with Crippen LogP contribution in [0.25, 0.3) is 0 Å². The summed E-state index contributed by atoms with van der Waals surface area (Å²) in [5.41, 5.74) is 0.158. The zero-order valence-electron chi connectivity index (χ0n) is 22.7. The zero-order chi connectivity index (χ0) is 27.1. The molecule has 3 rings (SSSR count). The largest absolute Gasteiger partial charge is 0.466 e. The molecule has 1 aliphatic heterocycles. The van der Waals surface area contributed by atoms with Crippen LogP contribution in [0.5, 0.6) is 0 Å². The second kappa shape index (κ2) is 13.8. The summed E-state index contributed by atoms with van der Waals surface area (Å²) < 4.78 is 33.9. The number of carbonyl (C=O) groups excluding carboxylic acids is 1. The highest BCUT2D eigenvalue weighted by atomic mass is 31.2. The van der Waals surface area contributed by atoms with Gasteiger partial charge in [-0.2, -0.15) is 0 Å². The van der Waals surface area contributed by atoms with Gasteiger partial charge in [0.05, 0.1) is 12.6 Å². The van der Waals surface area contributed by atoms with Gasteiger partial charge in [0, 0.05) is 25.4 Å². The molecular weight excluding hydrogens is 499 g/mol. The van der Waals surface area contributed by atoms with Crippen LogP contribution in [-0.2, 0) is 23.5 Å². The molecule has 0 aromatic heterocycles. The van der Waals surface area contributed by atoms with Gasteiger partial charge in [0.15, 0.2) is 0 Å². The van der Waals surface area contributed by atoms with E-state index in [1.54, 1.807) is 0 Å². The summed E-state index contributed by atoms with van der Waals surface area (Å²) in [6.07, 6.45) is 5.21. The van der Waals surface area contributed by atoms with Gasteiger partial charge >= 0.3 is 13.7 Å². The van der Waals surface area contributed by atoms with Crippen molar-refractivity contribution in [3.63, 3.8) is 0 Å². The van der Waals surface area contributed by atoms with E-state index >= 15 is 0 Å². The average Bonchev–Trinajstić information content (AvgIpc) is 3.21. The normalized spacial score (nSPS) is 32.1. The molecule has 10 nitrogen and oxygen atoms in total. The molecule has 11 heteroatoms. The molecule has 1 saturated heterocycles. The number of ether oxygens (including phenoxy) is 4. The minimum Gasteiger partial charge on any atom is -0.466 e. The van der Waals surface area contributed by atoms with Crippen LogP contribution in [-0.4, -0.2) is 72.9 Å². The molecule has 0 spiro atoms. The molecule has 0 aromatic carbocycles. The summed E-state index contributed by atoms with van der Waals surface area (Å²) in [5.74, 6) is 1.48. The molecule has 0 aromatic rings. The Labute approximate surface area is 221 Å². The molecule has 1 heterocycles. The Bertz CT molecular complexity index is 803. The summed E-state index contributed by atoms with van der Waals surface area (Å²) >= 11 is 0. The number of amides is 1. The second-order valence-electron chi connectivity index (χ2n) is 11.9. The highest BCUT2D eigenvalue weighted by molar-refractivity contribution is 7.51. The van der Waals surface area contributed by atoms with Gasteiger partial charge in [0.2, 0.25) is 6.29 Å². The molecule has 1 amide bonds. The Hall–Kier alpha value is -1.16. The number of hydrogen-bond acceptors (Lipinski definition) is 7. The van der Waals surface area contributed by atoms with E-state index in [9.17, 15) is 9.36 Å². The van der Waals surface area contributed by atoms with E-state index in [4.69, 9.17) is 28.7 Å². The molecule has 0 bridgehead atoms. The first kappa shape index (κ1) is 30.4. The number of rotatable bonds is 12. The lowest BCUT2D eigenvalue weighted by molar-refractivity contribution is -0.0748. The average molecular weight is 547 g/mol. The number of alkyl carbamates (subject to hydrolysis) is 1. The minimum absolute atomic E-state index is 0.133. The molecule has 3 aliphatic rings. The van der Waals surface area contributed by atoms with E-state index < -0.39 is 13.7 Å². The van der Waals surface area contributed by atoms with Crippen LogP contribution in [0.15, 0.2) is 12.3 Å². The van der Waals surface area contributed by atoms with Gasteiger partial charge in [-0.1, -0.05) is 27.4 Å². The van der Waals surface area contributed by atoms with Gasteiger partial charge in [-0.3, -0.25) is 4.57 Å². The predicted molar refractivity (Wildman–Crippen MR) is 140 cm³/mol. The maximum atomic E-state index is 12.7. The molecule has 6 atom stereocenters. The lowest BCUT2D eigenvalue weighted by Gasteiger charge is -2.41. The van der Waals surface area contributed by atoms with Crippen LogP contribution in [0.1, 0.15) is 72.1 Å². The predicted octanol–water partition coefficient (Wildman–Crippen LogP) is 3.92. The van der Waals surface area contributed by atoms with Crippen LogP contribution in [0.2, 0.25) is 0 Å². The van der Waals surface area contributed by atoms with Gasteiger partial charge in [-0.05, 0) is 68.6 Å². The Balaban J connectivity index is 1.41. The fourth-order valence-electron chi connectivity index (χ4n) is 5.89. The van der Waals surface area contributed by atoms with Gasteiger partial charge in [0.1, 0.15) is 18.5 Å². The third-order valence-corrected chi connectivity index (χ3v) is 8.42. The smallest absolute Gasteiger partial charge is 0.407 e. The van der Waals surface area contributed by atoms with E-state index in [0.717, 1.165) is 38.5 Å². The summed E-state index contributed by atoms with van der Waals surface area (Å²) in [6, 6.07) is 0.316. The van der Waals surface area contributed by atoms with Crippen molar-refractivity contribution in [1.82, 2.24) is 10.6 Å². The quantitative estimate of drug-likeness (QED) is 0.212. The van der Waals surface area contributed by atoms with Gasteiger partial charge in [-0.25, -0.2) is 4.79 Å². The fourth-order valence-corrected chi connectivity index (χ4v) is 6.52. The highest BCUT2D eigenvalue weighted by Crippen LogP contribution is 2.39. The third kappa shape index (κ3) is 11.2. The summed E-state index contributed by atoms with van der Waals surface area (Å²) in [5, 5.41) is 6.57. The first-order valence-electron chi connectivity index (χ1n) is 13.7. The number of unbranched alkanes of at least 4 members (excludes halogenated alkanes) is 1. The molecule has 3 fully saturated rings. The SMILES string of the molecule is C=C1COC(CNC2CC(CNC(=O)OC3CCC(C)CC3OCCCCP(=O)(O)O)CC(C)(C)C2)O1. The molecule has 2 saturated carbocycles. The van der Waals surface area contributed by atoms with Gasteiger partial charge in [-0.15, -0.1) is 0 Å². The Kier molecular flexibility index (Phi) is 11.3. The summed E-state index contributed by atoms with van der Waals surface area (Å²) in [4.78, 5) is 30.7. The number of carbonyl (C=O) groups is 1. The van der Waals surface area contributed by atoms with E-state index in [1.807, 2.05) is 0 Å². The first-order chi connectivity index (χ1) is 17.4. The molecule has 37 heavy (non-hydrogen) atoms. The lowest BCUT2D eigenvalue weighted by atomic mass is 9.70. The van der Waals surface area contributed by atoms with Crippen molar-refractivity contribution in [3.8, 4) is 0 Å². The fraction of sp³-hybridized carbons (Fsp3) is 0.885. The van der Waals surface area contributed by atoms with Crippen molar-refractivity contribution in [2.45, 2.75) is 96.7 Å². The van der Waals surface area contributed by atoms with E-state index in [-0.39, 0.29) is 30.1 Å². The molecule has 0 radical (unpaired) electrons. The molecule has 214 valence electrons. The molecule has 2 aliphatic carbocycles. The van der Waals surface area contributed by atoms with Gasteiger partial charge < -0.3 is 39.4 Å². The van der Waals surface area contributed by atoms with Crippen molar-refractivity contribution < 1.29 is 38.1 Å².